The van der Waals surface area contributed by atoms with Crippen LogP contribution in [0.1, 0.15) is 10.4 Å². The molecule has 0 radical (unpaired) electrons. The Kier molecular flexibility index (Phi) is 4.44. The fourth-order valence-corrected chi connectivity index (χ4v) is 1.21. The molecule has 16 heavy (non-hydrogen) atoms. The zero-order chi connectivity index (χ0) is 12.0. The lowest BCUT2D eigenvalue weighted by Gasteiger charge is -2.07. The summed E-state index contributed by atoms with van der Waals surface area (Å²) in [7, 11) is 0. The van der Waals surface area contributed by atoms with Gasteiger partial charge >= 0.3 is 5.97 Å². The summed E-state index contributed by atoms with van der Waals surface area (Å²) in [5.74, 6) is -0.925. The van der Waals surface area contributed by atoms with Crippen LogP contribution in [-0.4, -0.2) is 24.2 Å². The fraction of sp³-hybridized carbons (Fsp3) is 0.222. The quantitative estimate of drug-likeness (QED) is 0.371. The lowest BCUT2D eigenvalue weighted by atomic mass is 10.2. The van der Waals surface area contributed by atoms with Gasteiger partial charge in [0, 0.05) is 9.93 Å². The highest BCUT2D eigenvalue weighted by Crippen LogP contribution is 2.22. The molecule has 6 nitrogen and oxygen atoms in total. The number of benzene rings is 1. The molecule has 1 aromatic rings. The van der Waals surface area contributed by atoms with Crippen molar-refractivity contribution in [3.63, 3.8) is 0 Å². The summed E-state index contributed by atoms with van der Waals surface area (Å²) >= 11 is 5.66. The Morgan fingerprint density at radius 2 is 2.38 bits per heavy atom. The van der Waals surface area contributed by atoms with Crippen LogP contribution in [0.15, 0.2) is 23.3 Å². The Labute approximate surface area is 96.0 Å². The molecule has 0 unspecified atom stereocenters. The normalized spacial score (nSPS) is 9.31. The molecule has 0 aliphatic carbocycles. The SMILES string of the molecule is [N-]=[N+]=NCCOc1ccc(Cl)cc1C(=O)O. The zero-order valence-corrected chi connectivity index (χ0v) is 8.89. The van der Waals surface area contributed by atoms with E-state index in [1.165, 1.54) is 18.2 Å². The van der Waals surface area contributed by atoms with Crippen molar-refractivity contribution >= 4 is 17.6 Å². The molecule has 0 bridgehead atoms. The number of carbonyl (C=O) groups is 1. The Hall–Kier alpha value is -1.91. The number of rotatable bonds is 5. The first-order valence-electron chi connectivity index (χ1n) is 4.31. The molecule has 0 amide bonds. The molecule has 0 heterocycles. The molecular weight excluding hydrogens is 234 g/mol. The van der Waals surface area contributed by atoms with Gasteiger partial charge in [-0.2, -0.15) is 0 Å². The van der Waals surface area contributed by atoms with Crippen LogP contribution in [0.4, 0.5) is 0 Å². The molecule has 0 fully saturated rings. The van der Waals surface area contributed by atoms with E-state index in [2.05, 4.69) is 10.0 Å². The van der Waals surface area contributed by atoms with Crippen molar-refractivity contribution in [3.8, 4) is 5.75 Å². The topological polar surface area (TPSA) is 95.3 Å². The molecule has 0 spiro atoms. The van der Waals surface area contributed by atoms with Crippen molar-refractivity contribution in [2.24, 2.45) is 5.11 Å². The molecule has 0 atom stereocenters. The van der Waals surface area contributed by atoms with E-state index in [9.17, 15) is 4.79 Å². The van der Waals surface area contributed by atoms with Crippen molar-refractivity contribution in [1.82, 2.24) is 0 Å². The van der Waals surface area contributed by atoms with Crippen LogP contribution >= 0.6 is 11.6 Å². The van der Waals surface area contributed by atoms with Gasteiger partial charge in [0.1, 0.15) is 11.3 Å². The van der Waals surface area contributed by atoms with E-state index in [0.717, 1.165) is 0 Å². The molecule has 84 valence electrons. The number of ether oxygens (including phenoxy) is 1. The van der Waals surface area contributed by atoms with Crippen LogP contribution < -0.4 is 4.74 Å². The lowest BCUT2D eigenvalue weighted by molar-refractivity contribution is 0.0692. The second kappa shape index (κ2) is 5.85. The van der Waals surface area contributed by atoms with Crippen LogP contribution in [0.5, 0.6) is 5.75 Å². The minimum Gasteiger partial charge on any atom is -0.493 e. The Bertz CT molecular complexity index is 444. The first kappa shape index (κ1) is 12.2. The molecular formula is C9H8ClN3O3. The van der Waals surface area contributed by atoms with Gasteiger partial charge in [0.05, 0.1) is 13.2 Å². The highest BCUT2D eigenvalue weighted by molar-refractivity contribution is 6.31. The van der Waals surface area contributed by atoms with Crippen molar-refractivity contribution in [3.05, 3.63) is 39.2 Å². The molecule has 0 aliphatic rings. The van der Waals surface area contributed by atoms with E-state index in [0.29, 0.717) is 5.02 Å². The summed E-state index contributed by atoms with van der Waals surface area (Å²) < 4.78 is 5.15. The van der Waals surface area contributed by atoms with E-state index < -0.39 is 5.97 Å². The van der Waals surface area contributed by atoms with Gasteiger partial charge in [-0.1, -0.05) is 16.7 Å². The lowest BCUT2D eigenvalue weighted by Crippen LogP contribution is -2.06. The van der Waals surface area contributed by atoms with Gasteiger partial charge in [0.15, 0.2) is 0 Å². The van der Waals surface area contributed by atoms with Gasteiger partial charge in [-0.15, -0.1) is 0 Å². The van der Waals surface area contributed by atoms with Gasteiger partial charge in [0.2, 0.25) is 0 Å². The number of halogens is 1. The second-order valence-electron chi connectivity index (χ2n) is 2.75. The predicted molar refractivity (Wildman–Crippen MR) is 57.9 cm³/mol. The number of hydrogen-bond acceptors (Lipinski definition) is 3. The van der Waals surface area contributed by atoms with Gasteiger partial charge in [-0.05, 0) is 23.7 Å². The summed E-state index contributed by atoms with van der Waals surface area (Å²) in [6.07, 6.45) is 0. The molecule has 1 N–H and O–H groups in total. The summed E-state index contributed by atoms with van der Waals surface area (Å²) in [5.41, 5.74) is 8.01. The standard InChI is InChI=1S/C9H8ClN3O3/c10-6-1-2-8(7(5-6)9(14)15)16-4-3-12-13-11/h1-2,5H,3-4H2,(H,14,15). The van der Waals surface area contributed by atoms with Crippen LogP contribution in [0.2, 0.25) is 5.02 Å². The largest absolute Gasteiger partial charge is 0.493 e. The maximum Gasteiger partial charge on any atom is 0.339 e. The van der Waals surface area contributed by atoms with Crippen LogP contribution in [0, 0.1) is 0 Å². The first-order valence-corrected chi connectivity index (χ1v) is 4.69. The number of carboxylic acids is 1. The summed E-state index contributed by atoms with van der Waals surface area (Å²) in [5, 5.41) is 12.5. The molecule has 1 aromatic carbocycles. The molecule has 1 rings (SSSR count). The first-order chi connectivity index (χ1) is 7.65. The van der Waals surface area contributed by atoms with E-state index in [4.69, 9.17) is 27.0 Å². The number of aromatic carboxylic acids is 1. The van der Waals surface area contributed by atoms with Crippen molar-refractivity contribution < 1.29 is 14.6 Å². The monoisotopic (exact) mass is 241 g/mol. The third-order valence-electron chi connectivity index (χ3n) is 1.68. The number of carboxylic acid groups (broad SMARTS) is 1. The van der Waals surface area contributed by atoms with Crippen molar-refractivity contribution in [1.29, 1.82) is 0 Å². The van der Waals surface area contributed by atoms with E-state index in [1.54, 1.807) is 0 Å². The average molecular weight is 242 g/mol. The molecule has 0 aromatic heterocycles. The zero-order valence-electron chi connectivity index (χ0n) is 8.13. The minimum absolute atomic E-state index is 0.0200. The smallest absolute Gasteiger partial charge is 0.339 e. The van der Waals surface area contributed by atoms with Gasteiger partial charge in [-0.3, -0.25) is 0 Å². The maximum absolute atomic E-state index is 10.8. The van der Waals surface area contributed by atoms with E-state index in [-0.39, 0.29) is 24.5 Å². The van der Waals surface area contributed by atoms with Crippen molar-refractivity contribution in [2.75, 3.05) is 13.2 Å². The highest BCUT2D eigenvalue weighted by atomic mass is 35.5. The molecule has 0 saturated heterocycles. The number of nitrogens with zero attached hydrogens (tertiary/aromatic N) is 3. The van der Waals surface area contributed by atoms with Gasteiger partial charge < -0.3 is 9.84 Å². The molecule has 0 saturated carbocycles. The fourth-order valence-electron chi connectivity index (χ4n) is 1.04. The minimum atomic E-state index is -1.12. The summed E-state index contributed by atoms with van der Waals surface area (Å²) in [6, 6.07) is 4.28. The third-order valence-corrected chi connectivity index (χ3v) is 1.92. The van der Waals surface area contributed by atoms with E-state index >= 15 is 0 Å². The van der Waals surface area contributed by atoms with Gasteiger partial charge in [0.25, 0.3) is 0 Å². The summed E-state index contributed by atoms with van der Waals surface area (Å²) in [4.78, 5) is 13.4. The van der Waals surface area contributed by atoms with E-state index in [1.807, 2.05) is 0 Å². The molecule has 7 heteroatoms. The van der Waals surface area contributed by atoms with Crippen LogP contribution in [-0.2, 0) is 0 Å². The van der Waals surface area contributed by atoms with Crippen molar-refractivity contribution in [2.45, 2.75) is 0 Å². The maximum atomic E-state index is 10.8. The number of azide groups is 1. The number of hydrogen-bond donors (Lipinski definition) is 1. The van der Waals surface area contributed by atoms with Crippen LogP contribution in [0.25, 0.3) is 10.4 Å². The highest BCUT2D eigenvalue weighted by Gasteiger charge is 2.11. The third kappa shape index (κ3) is 3.34. The average Bonchev–Trinajstić information content (AvgIpc) is 2.26. The summed E-state index contributed by atoms with van der Waals surface area (Å²) in [6.45, 7) is 0.254. The Balaban J connectivity index is 2.78. The Morgan fingerprint density at radius 1 is 1.62 bits per heavy atom. The van der Waals surface area contributed by atoms with Gasteiger partial charge in [-0.25, -0.2) is 4.79 Å². The predicted octanol–water partition coefficient (Wildman–Crippen LogP) is 2.73. The van der Waals surface area contributed by atoms with Crippen LogP contribution in [0.3, 0.4) is 0 Å². The molecule has 0 aliphatic heterocycles. The second-order valence-corrected chi connectivity index (χ2v) is 3.19. The Morgan fingerprint density at radius 3 is 3.00 bits per heavy atom.